The summed E-state index contributed by atoms with van der Waals surface area (Å²) in [6, 6.07) is 8.04. The highest BCUT2D eigenvalue weighted by Gasteiger charge is 2.12. The summed E-state index contributed by atoms with van der Waals surface area (Å²) in [5.74, 6) is 2.09. The van der Waals surface area contributed by atoms with Crippen molar-refractivity contribution in [3.8, 4) is 5.75 Å². The number of halogens is 1. The first kappa shape index (κ1) is 15.2. The van der Waals surface area contributed by atoms with Crippen molar-refractivity contribution in [2.75, 3.05) is 18.1 Å². The number of benzene rings is 1. The molecule has 1 aromatic heterocycles. The minimum atomic E-state index is 0.249. The van der Waals surface area contributed by atoms with E-state index in [1.165, 1.54) is 0 Å². The first-order chi connectivity index (χ1) is 9.58. The number of rotatable bonds is 6. The lowest BCUT2D eigenvalue weighted by Crippen LogP contribution is -2.08. The van der Waals surface area contributed by atoms with Crippen molar-refractivity contribution in [2.45, 2.75) is 25.0 Å². The van der Waals surface area contributed by atoms with E-state index < -0.39 is 0 Å². The van der Waals surface area contributed by atoms with Gasteiger partial charge in [0.25, 0.3) is 0 Å². The van der Waals surface area contributed by atoms with Gasteiger partial charge in [-0.05, 0) is 32.0 Å². The van der Waals surface area contributed by atoms with E-state index in [-0.39, 0.29) is 6.04 Å². The quantitative estimate of drug-likeness (QED) is 0.634. The molecular formula is C13H17BrN4OS. The van der Waals surface area contributed by atoms with Crippen molar-refractivity contribution in [1.29, 1.82) is 0 Å². The number of nitrogen functional groups attached to an aromatic ring is 1. The summed E-state index contributed by atoms with van der Waals surface area (Å²) in [4.78, 5) is 0. The fourth-order valence-corrected chi connectivity index (χ4v) is 2.99. The van der Waals surface area contributed by atoms with Crippen molar-refractivity contribution >= 4 is 33.6 Å². The van der Waals surface area contributed by atoms with Gasteiger partial charge in [0.2, 0.25) is 5.95 Å². The summed E-state index contributed by atoms with van der Waals surface area (Å²) >= 11 is 5.01. The summed E-state index contributed by atoms with van der Waals surface area (Å²) < 4.78 is 8.61. The van der Waals surface area contributed by atoms with Crippen LogP contribution in [0.15, 0.2) is 33.9 Å². The molecule has 7 heteroatoms. The molecule has 0 aliphatic rings. The Morgan fingerprint density at radius 1 is 1.40 bits per heavy atom. The summed E-state index contributed by atoms with van der Waals surface area (Å²) in [5, 5.41) is 8.82. The lowest BCUT2D eigenvalue weighted by Gasteiger charge is -2.11. The SMILES string of the molecule is CC(C)n1c(N)nnc1SCCOc1cccc(Br)c1. The maximum Gasteiger partial charge on any atom is 0.222 e. The average Bonchev–Trinajstić information content (AvgIpc) is 2.76. The van der Waals surface area contributed by atoms with Crippen LogP contribution in [-0.2, 0) is 0 Å². The highest BCUT2D eigenvalue weighted by Crippen LogP contribution is 2.23. The number of aromatic nitrogens is 3. The normalized spacial score (nSPS) is 11.0. The summed E-state index contributed by atoms with van der Waals surface area (Å²) in [6.45, 7) is 4.72. The molecule has 0 amide bonds. The number of nitrogens with zero attached hydrogens (tertiary/aromatic N) is 3. The van der Waals surface area contributed by atoms with Gasteiger partial charge in [-0.25, -0.2) is 0 Å². The third-order valence-corrected chi connectivity index (χ3v) is 3.99. The van der Waals surface area contributed by atoms with Gasteiger partial charge in [0.05, 0.1) is 6.61 Å². The van der Waals surface area contributed by atoms with E-state index in [1.807, 2.05) is 28.8 Å². The maximum absolute atomic E-state index is 5.79. The Kier molecular flexibility index (Phi) is 5.31. The Labute approximate surface area is 131 Å². The fourth-order valence-electron chi connectivity index (χ4n) is 1.72. The highest BCUT2D eigenvalue weighted by molar-refractivity contribution is 9.10. The van der Waals surface area contributed by atoms with Crippen LogP contribution in [0, 0.1) is 0 Å². The topological polar surface area (TPSA) is 66.0 Å². The summed E-state index contributed by atoms with van der Waals surface area (Å²) in [5.41, 5.74) is 5.79. The van der Waals surface area contributed by atoms with Gasteiger partial charge in [-0.3, -0.25) is 4.57 Å². The molecule has 5 nitrogen and oxygen atoms in total. The molecule has 0 bridgehead atoms. The molecule has 0 aliphatic heterocycles. The third-order valence-electron chi connectivity index (χ3n) is 2.59. The molecule has 0 atom stereocenters. The van der Waals surface area contributed by atoms with E-state index in [4.69, 9.17) is 10.5 Å². The van der Waals surface area contributed by atoms with Gasteiger partial charge in [0.15, 0.2) is 5.16 Å². The zero-order chi connectivity index (χ0) is 14.5. The molecule has 1 heterocycles. The molecule has 0 saturated carbocycles. The Hall–Kier alpha value is -1.21. The van der Waals surface area contributed by atoms with Crippen LogP contribution in [0.1, 0.15) is 19.9 Å². The lowest BCUT2D eigenvalue weighted by atomic mass is 10.3. The largest absolute Gasteiger partial charge is 0.493 e. The van der Waals surface area contributed by atoms with Gasteiger partial charge >= 0.3 is 0 Å². The van der Waals surface area contributed by atoms with Gasteiger partial charge in [0.1, 0.15) is 5.75 Å². The summed E-state index contributed by atoms with van der Waals surface area (Å²) in [6.07, 6.45) is 0. The van der Waals surface area contributed by atoms with Crippen LogP contribution in [0.3, 0.4) is 0 Å². The molecule has 2 aromatic rings. The van der Waals surface area contributed by atoms with E-state index in [0.717, 1.165) is 21.1 Å². The maximum atomic E-state index is 5.79. The molecular weight excluding hydrogens is 340 g/mol. The molecule has 2 rings (SSSR count). The van der Waals surface area contributed by atoms with Crippen LogP contribution in [0.4, 0.5) is 5.95 Å². The Bertz CT molecular complexity index is 573. The monoisotopic (exact) mass is 356 g/mol. The second-order valence-corrected chi connectivity index (χ2v) is 6.44. The minimum Gasteiger partial charge on any atom is -0.493 e. The predicted molar refractivity (Wildman–Crippen MR) is 85.2 cm³/mol. The molecule has 0 saturated heterocycles. The second-order valence-electron chi connectivity index (χ2n) is 4.46. The van der Waals surface area contributed by atoms with Gasteiger partial charge in [-0.15, -0.1) is 10.2 Å². The second kappa shape index (κ2) is 6.99. The zero-order valence-electron chi connectivity index (χ0n) is 11.4. The smallest absolute Gasteiger partial charge is 0.222 e. The van der Waals surface area contributed by atoms with Crippen molar-refractivity contribution in [3.05, 3.63) is 28.7 Å². The van der Waals surface area contributed by atoms with Crippen molar-refractivity contribution in [3.63, 3.8) is 0 Å². The summed E-state index contributed by atoms with van der Waals surface area (Å²) in [7, 11) is 0. The minimum absolute atomic E-state index is 0.249. The number of anilines is 1. The molecule has 2 N–H and O–H groups in total. The zero-order valence-corrected chi connectivity index (χ0v) is 13.8. The van der Waals surface area contributed by atoms with Crippen LogP contribution in [0.5, 0.6) is 5.75 Å². The Morgan fingerprint density at radius 3 is 2.90 bits per heavy atom. The van der Waals surface area contributed by atoms with Gasteiger partial charge in [0, 0.05) is 16.3 Å². The number of thioether (sulfide) groups is 1. The predicted octanol–water partition coefficient (Wildman–Crippen LogP) is 3.37. The van der Waals surface area contributed by atoms with Crippen LogP contribution in [0.25, 0.3) is 0 Å². The average molecular weight is 357 g/mol. The Morgan fingerprint density at radius 2 is 2.20 bits per heavy atom. The molecule has 108 valence electrons. The first-order valence-electron chi connectivity index (χ1n) is 6.29. The number of nitrogens with two attached hydrogens (primary N) is 1. The molecule has 0 aliphatic carbocycles. The van der Waals surface area contributed by atoms with E-state index in [9.17, 15) is 0 Å². The standard InChI is InChI=1S/C13H17BrN4OS/c1-9(2)18-12(15)16-17-13(18)20-7-6-19-11-5-3-4-10(14)8-11/h3-5,8-9H,6-7H2,1-2H3,(H2,15,16). The van der Waals surface area contributed by atoms with Crippen LogP contribution in [-0.4, -0.2) is 27.1 Å². The van der Waals surface area contributed by atoms with Crippen molar-refractivity contribution in [2.24, 2.45) is 0 Å². The number of hydrogen-bond donors (Lipinski definition) is 1. The Balaban J connectivity index is 1.85. The highest BCUT2D eigenvalue weighted by atomic mass is 79.9. The van der Waals surface area contributed by atoms with E-state index >= 15 is 0 Å². The number of hydrogen-bond acceptors (Lipinski definition) is 5. The van der Waals surface area contributed by atoms with Crippen LogP contribution < -0.4 is 10.5 Å². The third kappa shape index (κ3) is 3.89. The van der Waals surface area contributed by atoms with Crippen LogP contribution in [0.2, 0.25) is 0 Å². The van der Waals surface area contributed by atoms with Gasteiger partial charge < -0.3 is 10.5 Å². The van der Waals surface area contributed by atoms with Crippen molar-refractivity contribution < 1.29 is 4.74 Å². The number of ether oxygens (including phenoxy) is 1. The van der Waals surface area contributed by atoms with E-state index in [0.29, 0.717) is 12.6 Å². The first-order valence-corrected chi connectivity index (χ1v) is 8.07. The van der Waals surface area contributed by atoms with Crippen LogP contribution >= 0.6 is 27.7 Å². The van der Waals surface area contributed by atoms with Gasteiger partial charge in [-0.1, -0.05) is 33.8 Å². The molecule has 0 spiro atoms. The molecule has 0 fully saturated rings. The lowest BCUT2D eigenvalue weighted by molar-refractivity contribution is 0.343. The molecule has 1 aromatic carbocycles. The fraction of sp³-hybridized carbons (Fsp3) is 0.385. The molecule has 20 heavy (non-hydrogen) atoms. The van der Waals surface area contributed by atoms with Crippen molar-refractivity contribution in [1.82, 2.24) is 14.8 Å². The van der Waals surface area contributed by atoms with E-state index in [2.05, 4.69) is 40.0 Å². The van der Waals surface area contributed by atoms with E-state index in [1.54, 1.807) is 11.8 Å². The molecule has 0 radical (unpaired) electrons. The van der Waals surface area contributed by atoms with Gasteiger partial charge in [-0.2, -0.15) is 0 Å². The molecule has 0 unspecified atom stereocenters.